The summed E-state index contributed by atoms with van der Waals surface area (Å²) in [5, 5.41) is 0. The lowest BCUT2D eigenvalue weighted by molar-refractivity contribution is 0.303. The van der Waals surface area contributed by atoms with Crippen molar-refractivity contribution in [3.8, 4) is 0 Å². The van der Waals surface area contributed by atoms with Gasteiger partial charge in [0.25, 0.3) is 5.56 Å². The van der Waals surface area contributed by atoms with Crippen LogP contribution in [0.1, 0.15) is 35.7 Å². The van der Waals surface area contributed by atoms with Gasteiger partial charge in [0.05, 0.1) is 0 Å². The van der Waals surface area contributed by atoms with E-state index in [0.717, 1.165) is 37.9 Å². The first-order valence-corrected chi connectivity index (χ1v) is 6.35. The van der Waals surface area contributed by atoms with Gasteiger partial charge >= 0.3 is 0 Å². The van der Waals surface area contributed by atoms with Crippen molar-refractivity contribution in [2.45, 2.75) is 38.4 Å². The molecule has 0 aromatic carbocycles. The molecule has 0 saturated heterocycles. The third-order valence-corrected chi connectivity index (χ3v) is 3.81. The Bertz CT molecular complexity index is 502. The van der Waals surface area contributed by atoms with Gasteiger partial charge in [-0.25, -0.2) is 0 Å². The van der Waals surface area contributed by atoms with Crippen LogP contribution in [0.2, 0.25) is 0 Å². The van der Waals surface area contributed by atoms with Gasteiger partial charge < -0.3 is 15.2 Å². The summed E-state index contributed by atoms with van der Waals surface area (Å²) in [4.78, 5) is 14.6. The molecule has 92 valence electrons. The highest BCUT2D eigenvalue weighted by Crippen LogP contribution is 2.36. The quantitative estimate of drug-likeness (QED) is 0.815. The van der Waals surface area contributed by atoms with E-state index in [-0.39, 0.29) is 5.56 Å². The molecule has 1 aliphatic carbocycles. The third kappa shape index (κ3) is 1.81. The lowest BCUT2D eigenvalue weighted by atomic mass is 10.0. The first-order chi connectivity index (χ1) is 8.20. The Labute approximate surface area is 101 Å². The van der Waals surface area contributed by atoms with Crippen molar-refractivity contribution < 1.29 is 0 Å². The molecule has 0 unspecified atom stereocenters. The molecule has 4 nitrogen and oxygen atoms in total. The molecule has 2 heterocycles. The molecule has 17 heavy (non-hydrogen) atoms. The molecule has 1 aliphatic heterocycles. The molecule has 1 aromatic rings. The van der Waals surface area contributed by atoms with E-state index >= 15 is 0 Å². The Balaban J connectivity index is 2.17. The number of hydrogen-bond acceptors (Lipinski definition) is 3. The summed E-state index contributed by atoms with van der Waals surface area (Å²) < 4.78 is 2.03. The Morgan fingerprint density at radius 3 is 2.88 bits per heavy atom. The fraction of sp³-hybridized carbons (Fsp3) is 0.615. The molecule has 1 aromatic heterocycles. The number of hydrogen-bond donors (Lipinski definition) is 1. The summed E-state index contributed by atoms with van der Waals surface area (Å²) >= 11 is 0. The molecule has 1 fully saturated rings. The highest BCUT2D eigenvalue weighted by molar-refractivity contribution is 5.30. The standard InChI is InChI=1S/C13H19N3O/c1-15-5-4-12-10(8-15)6-9(7-14)13(17)16(12)11-2-3-11/h6,11H,2-5,7-8,14H2,1H3. The van der Waals surface area contributed by atoms with Gasteiger partial charge in [-0.15, -0.1) is 0 Å². The average Bonchev–Trinajstić information content (AvgIpc) is 3.12. The Morgan fingerprint density at radius 2 is 2.24 bits per heavy atom. The summed E-state index contributed by atoms with van der Waals surface area (Å²) in [5.41, 5.74) is 9.16. The van der Waals surface area contributed by atoms with Crippen molar-refractivity contribution in [3.05, 3.63) is 33.2 Å². The smallest absolute Gasteiger partial charge is 0.255 e. The SMILES string of the molecule is CN1CCc2c(cc(CN)c(=O)n2C2CC2)C1. The van der Waals surface area contributed by atoms with Crippen LogP contribution in [0.25, 0.3) is 0 Å². The van der Waals surface area contributed by atoms with Gasteiger partial charge in [-0.3, -0.25) is 4.79 Å². The molecular weight excluding hydrogens is 214 g/mol. The first kappa shape index (κ1) is 11.0. The summed E-state index contributed by atoms with van der Waals surface area (Å²) in [7, 11) is 2.12. The highest BCUT2D eigenvalue weighted by Gasteiger charge is 2.30. The second-order valence-electron chi connectivity index (χ2n) is 5.24. The predicted octanol–water partition coefficient (Wildman–Crippen LogP) is 0.630. The number of nitrogens with two attached hydrogens (primary N) is 1. The molecule has 0 radical (unpaired) electrons. The number of pyridine rings is 1. The normalized spacial score (nSPS) is 20.4. The van der Waals surface area contributed by atoms with Crippen LogP contribution in [-0.4, -0.2) is 23.1 Å². The molecule has 2 aliphatic rings. The molecule has 3 rings (SSSR count). The highest BCUT2D eigenvalue weighted by atomic mass is 16.1. The molecule has 2 N–H and O–H groups in total. The molecular formula is C13H19N3O. The molecule has 1 saturated carbocycles. The second kappa shape index (κ2) is 3.96. The van der Waals surface area contributed by atoms with Gasteiger partial charge in [-0.1, -0.05) is 0 Å². The maximum atomic E-state index is 12.3. The van der Waals surface area contributed by atoms with Crippen LogP contribution in [-0.2, 0) is 19.5 Å². The van der Waals surface area contributed by atoms with Gasteiger partial charge in [-0.05, 0) is 31.5 Å². The van der Waals surface area contributed by atoms with E-state index in [9.17, 15) is 4.79 Å². The van der Waals surface area contributed by atoms with Gasteiger partial charge in [0.1, 0.15) is 0 Å². The van der Waals surface area contributed by atoms with Crippen molar-refractivity contribution >= 4 is 0 Å². The van der Waals surface area contributed by atoms with E-state index in [0.29, 0.717) is 12.6 Å². The largest absolute Gasteiger partial charge is 0.326 e. The number of aromatic nitrogens is 1. The predicted molar refractivity (Wildman–Crippen MR) is 66.9 cm³/mol. The lowest BCUT2D eigenvalue weighted by Gasteiger charge is -2.28. The number of rotatable bonds is 2. The minimum atomic E-state index is 0.151. The maximum absolute atomic E-state index is 12.3. The molecule has 0 spiro atoms. The van der Waals surface area contributed by atoms with Crippen LogP contribution < -0.4 is 11.3 Å². The van der Waals surface area contributed by atoms with Crippen LogP contribution in [0.15, 0.2) is 10.9 Å². The van der Waals surface area contributed by atoms with Crippen molar-refractivity contribution in [2.24, 2.45) is 5.73 Å². The van der Waals surface area contributed by atoms with Crippen LogP contribution >= 0.6 is 0 Å². The van der Waals surface area contributed by atoms with Crippen molar-refractivity contribution in [1.82, 2.24) is 9.47 Å². The zero-order valence-electron chi connectivity index (χ0n) is 10.3. The van der Waals surface area contributed by atoms with E-state index in [4.69, 9.17) is 5.73 Å². The Hall–Kier alpha value is -1.13. The number of fused-ring (bicyclic) bond motifs is 1. The first-order valence-electron chi connectivity index (χ1n) is 6.35. The van der Waals surface area contributed by atoms with E-state index < -0.39 is 0 Å². The minimum absolute atomic E-state index is 0.151. The van der Waals surface area contributed by atoms with E-state index in [1.165, 1.54) is 11.3 Å². The van der Waals surface area contributed by atoms with E-state index in [1.54, 1.807) is 0 Å². The molecule has 4 heteroatoms. The Kier molecular flexibility index (Phi) is 2.56. The van der Waals surface area contributed by atoms with Gasteiger partial charge in [0.15, 0.2) is 0 Å². The van der Waals surface area contributed by atoms with Crippen LogP contribution in [0, 0.1) is 0 Å². The molecule has 0 amide bonds. The van der Waals surface area contributed by atoms with E-state index in [2.05, 4.69) is 11.9 Å². The Morgan fingerprint density at radius 1 is 1.47 bits per heavy atom. The summed E-state index contributed by atoms with van der Waals surface area (Å²) in [5.74, 6) is 0. The summed E-state index contributed by atoms with van der Waals surface area (Å²) in [6.07, 6.45) is 3.29. The van der Waals surface area contributed by atoms with Crippen LogP contribution in [0.3, 0.4) is 0 Å². The van der Waals surface area contributed by atoms with Crippen LogP contribution in [0.5, 0.6) is 0 Å². The summed E-state index contributed by atoms with van der Waals surface area (Å²) in [6, 6.07) is 2.47. The number of likely N-dealkylation sites (N-methyl/N-ethyl adjacent to an activating group) is 1. The monoisotopic (exact) mass is 233 g/mol. The zero-order chi connectivity index (χ0) is 12.0. The van der Waals surface area contributed by atoms with Gasteiger partial charge in [-0.2, -0.15) is 0 Å². The topological polar surface area (TPSA) is 51.3 Å². The zero-order valence-corrected chi connectivity index (χ0v) is 10.3. The molecule has 0 atom stereocenters. The van der Waals surface area contributed by atoms with Crippen molar-refractivity contribution in [1.29, 1.82) is 0 Å². The number of nitrogens with zero attached hydrogens (tertiary/aromatic N) is 2. The second-order valence-corrected chi connectivity index (χ2v) is 5.24. The van der Waals surface area contributed by atoms with Gasteiger partial charge in [0, 0.05) is 43.4 Å². The summed E-state index contributed by atoms with van der Waals surface area (Å²) in [6.45, 7) is 2.33. The van der Waals surface area contributed by atoms with Gasteiger partial charge in [0.2, 0.25) is 0 Å². The minimum Gasteiger partial charge on any atom is -0.326 e. The molecule has 0 bridgehead atoms. The van der Waals surface area contributed by atoms with Crippen molar-refractivity contribution in [2.75, 3.05) is 13.6 Å². The third-order valence-electron chi connectivity index (χ3n) is 3.81. The van der Waals surface area contributed by atoms with E-state index in [1.807, 2.05) is 10.6 Å². The van der Waals surface area contributed by atoms with Crippen LogP contribution in [0.4, 0.5) is 0 Å². The fourth-order valence-corrected chi connectivity index (χ4v) is 2.74. The van der Waals surface area contributed by atoms with Crippen molar-refractivity contribution in [3.63, 3.8) is 0 Å². The fourth-order valence-electron chi connectivity index (χ4n) is 2.74. The lowest BCUT2D eigenvalue weighted by Crippen LogP contribution is -2.35. The maximum Gasteiger partial charge on any atom is 0.255 e. The average molecular weight is 233 g/mol.